The summed E-state index contributed by atoms with van der Waals surface area (Å²) in [5.41, 5.74) is 6.73. The molecule has 1 saturated heterocycles. The molecule has 0 aliphatic carbocycles. The molecular formula is C16H22N6O2. The number of imidazole rings is 1. The molecule has 0 bridgehead atoms. The van der Waals surface area contributed by atoms with Crippen molar-refractivity contribution < 1.29 is 9.59 Å². The maximum absolute atomic E-state index is 12.5. The molecule has 2 aromatic heterocycles. The van der Waals surface area contributed by atoms with Gasteiger partial charge in [-0.3, -0.25) is 14.0 Å². The van der Waals surface area contributed by atoms with E-state index < -0.39 is 0 Å². The van der Waals surface area contributed by atoms with Crippen molar-refractivity contribution in [2.24, 2.45) is 11.7 Å². The van der Waals surface area contributed by atoms with Crippen molar-refractivity contribution in [1.29, 1.82) is 0 Å². The second-order valence-electron chi connectivity index (χ2n) is 6.24. The quantitative estimate of drug-likeness (QED) is 0.819. The number of nitrogens with two attached hydrogens (primary N) is 1. The molecule has 8 heteroatoms. The van der Waals surface area contributed by atoms with Gasteiger partial charge in [0, 0.05) is 44.6 Å². The van der Waals surface area contributed by atoms with Gasteiger partial charge in [0.25, 0.3) is 0 Å². The number of fused-ring (bicyclic) bond motifs is 1. The van der Waals surface area contributed by atoms with E-state index in [0.29, 0.717) is 31.8 Å². The molecule has 24 heavy (non-hydrogen) atoms. The van der Waals surface area contributed by atoms with Crippen LogP contribution in [0.4, 0.5) is 0 Å². The summed E-state index contributed by atoms with van der Waals surface area (Å²) in [5, 5.41) is 2.91. The monoisotopic (exact) mass is 330 g/mol. The van der Waals surface area contributed by atoms with Crippen molar-refractivity contribution in [3.05, 3.63) is 30.4 Å². The van der Waals surface area contributed by atoms with Gasteiger partial charge in [0.15, 0.2) is 0 Å². The Hall–Kier alpha value is -2.48. The lowest BCUT2D eigenvalue weighted by molar-refractivity contribution is -0.131. The van der Waals surface area contributed by atoms with Gasteiger partial charge in [-0.2, -0.15) is 0 Å². The summed E-state index contributed by atoms with van der Waals surface area (Å²) in [6.07, 6.45) is 6.80. The van der Waals surface area contributed by atoms with Crippen molar-refractivity contribution in [2.75, 3.05) is 13.1 Å². The second-order valence-corrected chi connectivity index (χ2v) is 6.24. The lowest BCUT2D eigenvalue weighted by Gasteiger charge is -2.23. The van der Waals surface area contributed by atoms with Gasteiger partial charge in [-0.05, 0) is 18.9 Å². The van der Waals surface area contributed by atoms with Gasteiger partial charge in [-0.25, -0.2) is 9.97 Å². The van der Waals surface area contributed by atoms with Crippen LogP contribution < -0.4 is 11.1 Å². The Bertz CT molecular complexity index is 710. The van der Waals surface area contributed by atoms with Gasteiger partial charge in [0.2, 0.25) is 17.6 Å². The summed E-state index contributed by atoms with van der Waals surface area (Å²) in [5.74, 6) is 0.250. The lowest BCUT2D eigenvalue weighted by Crippen LogP contribution is -2.42. The van der Waals surface area contributed by atoms with Crippen molar-refractivity contribution in [3.63, 3.8) is 0 Å². The molecule has 2 aromatic rings. The van der Waals surface area contributed by atoms with Crippen LogP contribution in [0.25, 0.3) is 5.78 Å². The molecule has 3 N–H and O–H groups in total. The number of nitrogens with zero attached hydrogens (tertiary/aromatic N) is 4. The first-order valence-corrected chi connectivity index (χ1v) is 8.10. The van der Waals surface area contributed by atoms with E-state index in [1.165, 1.54) is 6.92 Å². The summed E-state index contributed by atoms with van der Waals surface area (Å²) in [6.45, 7) is 2.78. The molecule has 0 aromatic carbocycles. The van der Waals surface area contributed by atoms with Crippen LogP contribution in [0, 0.1) is 5.92 Å². The van der Waals surface area contributed by atoms with Crippen LogP contribution in [0.15, 0.2) is 24.7 Å². The van der Waals surface area contributed by atoms with E-state index in [9.17, 15) is 9.59 Å². The Morgan fingerprint density at radius 1 is 1.38 bits per heavy atom. The van der Waals surface area contributed by atoms with Crippen LogP contribution in [0.3, 0.4) is 0 Å². The third kappa shape index (κ3) is 3.70. The Kier molecular flexibility index (Phi) is 4.75. The predicted molar refractivity (Wildman–Crippen MR) is 87.8 cm³/mol. The Labute approximate surface area is 140 Å². The highest BCUT2D eigenvalue weighted by molar-refractivity contribution is 5.80. The zero-order valence-corrected chi connectivity index (χ0v) is 13.7. The highest BCUT2D eigenvalue weighted by atomic mass is 16.2. The van der Waals surface area contributed by atoms with Crippen LogP contribution >= 0.6 is 0 Å². The minimum Gasteiger partial charge on any atom is -0.350 e. The topological polar surface area (TPSA) is 106 Å². The molecule has 0 spiro atoms. The maximum Gasteiger partial charge on any atom is 0.233 e. The van der Waals surface area contributed by atoms with Gasteiger partial charge in [0.1, 0.15) is 0 Å². The SMILES string of the molecule is CC(=O)N1C[C@@H](N)CC[C@@H](C(=O)NCc2cn3cccnc3n2)C1. The summed E-state index contributed by atoms with van der Waals surface area (Å²) >= 11 is 0. The minimum absolute atomic E-state index is 0.0448. The number of amides is 2. The molecule has 3 rings (SSSR count). The smallest absolute Gasteiger partial charge is 0.233 e. The highest BCUT2D eigenvalue weighted by Gasteiger charge is 2.28. The van der Waals surface area contributed by atoms with Gasteiger partial charge in [-0.1, -0.05) is 0 Å². The number of likely N-dealkylation sites (tertiary alicyclic amines) is 1. The fourth-order valence-corrected chi connectivity index (χ4v) is 2.98. The lowest BCUT2D eigenvalue weighted by atomic mass is 10.0. The largest absolute Gasteiger partial charge is 0.350 e. The molecule has 8 nitrogen and oxygen atoms in total. The summed E-state index contributed by atoms with van der Waals surface area (Å²) in [7, 11) is 0. The van der Waals surface area contributed by atoms with Crippen molar-refractivity contribution in [2.45, 2.75) is 32.4 Å². The zero-order valence-electron chi connectivity index (χ0n) is 13.7. The molecule has 0 saturated carbocycles. The molecule has 0 radical (unpaired) electrons. The summed E-state index contributed by atoms with van der Waals surface area (Å²) in [4.78, 5) is 34.3. The number of hydrogen-bond donors (Lipinski definition) is 2. The molecule has 2 amide bonds. The van der Waals surface area contributed by atoms with E-state index >= 15 is 0 Å². The van der Waals surface area contributed by atoms with Crippen LogP contribution in [-0.4, -0.2) is 50.2 Å². The minimum atomic E-state index is -0.238. The number of nitrogens with one attached hydrogen (secondary N) is 1. The molecular weight excluding hydrogens is 308 g/mol. The average molecular weight is 330 g/mol. The van der Waals surface area contributed by atoms with E-state index in [1.54, 1.807) is 11.1 Å². The third-order valence-electron chi connectivity index (χ3n) is 4.33. The third-order valence-corrected chi connectivity index (χ3v) is 4.33. The Morgan fingerprint density at radius 3 is 2.96 bits per heavy atom. The first-order valence-electron chi connectivity index (χ1n) is 8.10. The molecule has 1 aliphatic heterocycles. The van der Waals surface area contributed by atoms with E-state index in [0.717, 1.165) is 12.1 Å². The maximum atomic E-state index is 12.5. The molecule has 2 atom stereocenters. The van der Waals surface area contributed by atoms with E-state index in [1.807, 2.05) is 22.9 Å². The number of aromatic nitrogens is 3. The fourth-order valence-electron chi connectivity index (χ4n) is 2.98. The van der Waals surface area contributed by atoms with Gasteiger partial charge >= 0.3 is 0 Å². The highest BCUT2D eigenvalue weighted by Crippen LogP contribution is 2.16. The van der Waals surface area contributed by atoms with Gasteiger partial charge in [0.05, 0.1) is 18.2 Å². The van der Waals surface area contributed by atoms with E-state index in [2.05, 4.69) is 15.3 Å². The summed E-state index contributed by atoms with van der Waals surface area (Å²) in [6, 6.07) is 1.75. The Balaban J connectivity index is 1.62. The molecule has 1 fully saturated rings. The second kappa shape index (κ2) is 6.96. The molecule has 3 heterocycles. The first kappa shape index (κ1) is 16.4. The molecule has 1 aliphatic rings. The normalized spacial score (nSPS) is 21.5. The van der Waals surface area contributed by atoms with Crippen LogP contribution in [0.2, 0.25) is 0 Å². The van der Waals surface area contributed by atoms with Gasteiger partial charge < -0.3 is 16.0 Å². The fraction of sp³-hybridized carbons (Fsp3) is 0.500. The van der Waals surface area contributed by atoms with Crippen LogP contribution in [0.5, 0.6) is 0 Å². The summed E-state index contributed by atoms with van der Waals surface area (Å²) < 4.78 is 1.81. The number of rotatable bonds is 3. The van der Waals surface area contributed by atoms with E-state index in [4.69, 9.17) is 5.73 Å². The first-order chi connectivity index (χ1) is 11.5. The zero-order chi connectivity index (χ0) is 17.1. The standard InChI is InChI=1S/C16H22N6O2/c1-11(23)22-8-12(3-4-13(17)9-22)15(24)19-7-14-10-21-6-2-5-18-16(21)20-14/h2,5-6,10,12-13H,3-4,7-9,17H2,1H3,(H,19,24)/t12-,13+/m1/s1. The molecule has 0 unspecified atom stereocenters. The van der Waals surface area contributed by atoms with E-state index in [-0.39, 0.29) is 23.8 Å². The number of hydrogen-bond acceptors (Lipinski definition) is 5. The van der Waals surface area contributed by atoms with Crippen LogP contribution in [0.1, 0.15) is 25.5 Å². The predicted octanol–water partition coefficient (Wildman–Crippen LogP) is -0.0687. The van der Waals surface area contributed by atoms with Crippen molar-refractivity contribution in [3.8, 4) is 0 Å². The van der Waals surface area contributed by atoms with Crippen molar-refractivity contribution in [1.82, 2.24) is 24.6 Å². The van der Waals surface area contributed by atoms with Crippen molar-refractivity contribution >= 4 is 17.6 Å². The number of carbonyl (C=O) groups excluding carboxylic acids is 2. The van der Waals surface area contributed by atoms with Crippen LogP contribution in [-0.2, 0) is 16.1 Å². The average Bonchev–Trinajstić information content (AvgIpc) is 2.87. The Morgan fingerprint density at radius 2 is 2.21 bits per heavy atom. The van der Waals surface area contributed by atoms with Gasteiger partial charge in [-0.15, -0.1) is 0 Å². The number of carbonyl (C=O) groups is 2. The molecule has 128 valence electrons.